The lowest BCUT2D eigenvalue weighted by molar-refractivity contribution is -0.222. The number of ether oxygens (including phenoxy) is 3. The molecule has 1 saturated heterocycles. The lowest BCUT2D eigenvalue weighted by Gasteiger charge is -2.29. The van der Waals surface area contributed by atoms with E-state index in [1.54, 1.807) is 24.3 Å². The van der Waals surface area contributed by atoms with Crippen LogP contribution in [0, 0.1) is 0 Å². The molecule has 3 rings (SSSR count). The highest BCUT2D eigenvalue weighted by Gasteiger charge is 2.38. The number of sulfonamides is 1. The summed E-state index contributed by atoms with van der Waals surface area (Å²) in [5.41, 5.74) is 0.512. The zero-order valence-corrected chi connectivity index (χ0v) is 17.3. The minimum atomic E-state index is -3.82. The summed E-state index contributed by atoms with van der Waals surface area (Å²) in [4.78, 5) is 23.9. The molecule has 0 spiro atoms. The Kier molecular flexibility index (Phi) is 5.70. The molecule has 1 heterocycles. The van der Waals surface area contributed by atoms with Crippen molar-refractivity contribution in [2.75, 3.05) is 17.1 Å². The maximum Gasteiger partial charge on any atom is 0.350 e. The van der Waals surface area contributed by atoms with Crippen molar-refractivity contribution < 1.29 is 32.2 Å². The van der Waals surface area contributed by atoms with E-state index in [0.29, 0.717) is 17.1 Å². The van der Waals surface area contributed by atoms with Crippen LogP contribution >= 0.6 is 0 Å². The van der Waals surface area contributed by atoms with Crippen LogP contribution in [0.3, 0.4) is 0 Å². The standard InChI is InChI=1S/C20H20N2O7S/c1-20(2)28-18(23)17(19(24)29-20)12-21-13-7-9-16(10-8-13)30(25,26)22-14-5-4-6-15(11-14)27-3/h4-12,21-22H,1-3H3. The minimum absolute atomic E-state index is 0.0294. The van der Waals surface area contributed by atoms with Crippen LogP contribution in [0.5, 0.6) is 5.75 Å². The Balaban J connectivity index is 1.71. The predicted octanol–water partition coefficient (Wildman–Crippen LogP) is 2.63. The molecule has 0 radical (unpaired) electrons. The average Bonchev–Trinajstić information content (AvgIpc) is 2.66. The molecule has 1 aliphatic rings. The zero-order valence-electron chi connectivity index (χ0n) is 16.5. The molecular weight excluding hydrogens is 412 g/mol. The van der Waals surface area contributed by atoms with E-state index in [9.17, 15) is 18.0 Å². The minimum Gasteiger partial charge on any atom is -0.497 e. The SMILES string of the molecule is COc1cccc(NS(=O)(=O)c2ccc(NC=C3C(=O)OC(C)(C)OC3=O)cc2)c1. The first-order chi connectivity index (χ1) is 14.1. The molecule has 0 aliphatic carbocycles. The van der Waals surface area contributed by atoms with Crippen LogP contribution in [0.4, 0.5) is 11.4 Å². The largest absolute Gasteiger partial charge is 0.497 e. The van der Waals surface area contributed by atoms with Crippen molar-refractivity contribution in [1.82, 2.24) is 0 Å². The summed E-state index contributed by atoms with van der Waals surface area (Å²) < 4.78 is 42.7. The third-order valence-corrected chi connectivity index (χ3v) is 5.38. The second kappa shape index (κ2) is 8.07. The van der Waals surface area contributed by atoms with Gasteiger partial charge in [0.1, 0.15) is 5.75 Å². The molecule has 1 aliphatic heterocycles. The van der Waals surface area contributed by atoms with Gasteiger partial charge >= 0.3 is 11.9 Å². The quantitative estimate of drug-likeness (QED) is 0.406. The highest BCUT2D eigenvalue weighted by Crippen LogP contribution is 2.24. The molecule has 30 heavy (non-hydrogen) atoms. The fourth-order valence-corrected chi connectivity index (χ4v) is 3.61. The normalized spacial score (nSPS) is 15.6. The first kappa shape index (κ1) is 21.2. The third kappa shape index (κ3) is 4.90. The second-order valence-electron chi connectivity index (χ2n) is 6.74. The van der Waals surface area contributed by atoms with E-state index in [-0.39, 0.29) is 10.5 Å². The molecular formula is C20H20N2O7S. The van der Waals surface area contributed by atoms with Gasteiger partial charge in [-0.25, -0.2) is 18.0 Å². The molecule has 0 unspecified atom stereocenters. The summed E-state index contributed by atoms with van der Waals surface area (Å²) in [6.45, 7) is 2.90. The maximum atomic E-state index is 12.6. The van der Waals surface area contributed by atoms with Crippen molar-refractivity contribution >= 4 is 33.3 Å². The molecule has 2 aromatic rings. The van der Waals surface area contributed by atoms with Gasteiger partial charge in [-0.1, -0.05) is 6.07 Å². The van der Waals surface area contributed by atoms with Gasteiger partial charge in [0, 0.05) is 31.8 Å². The number of carbonyl (C=O) groups excluding carboxylic acids is 2. The van der Waals surface area contributed by atoms with Gasteiger partial charge in [-0.2, -0.15) is 0 Å². The number of benzene rings is 2. The average molecular weight is 432 g/mol. The lowest BCUT2D eigenvalue weighted by atomic mass is 10.2. The Hall–Kier alpha value is -3.53. The molecule has 1 fully saturated rings. The fourth-order valence-electron chi connectivity index (χ4n) is 2.56. The number of hydrogen-bond acceptors (Lipinski definition) is 8. The summed E-state index contributed by atoms with van der Waals surface area (Å²) in [6.07, 6.45) is 1.15. The Morgan fingerprint density at radius 3 is 2.20 bits per heavy atom. The van der Waals surface area contributed by atoms with E-state index in [4.69, 9.17) is 14.2 Å². The number of hydrogen-bond donors (Lipinski definition) is 2. The van der Waals surface area contributed by atoms with E-state index in [0.717, 1.165) is 6.20 Å². The van der Waals surface area contributed by atoms with Crippen molar-refractivity contribution in [3.05, 3.63) is 60.3 Å². The van der Waals surface area contributed by atoms with E-state index < -0.39 is 27.7 Å². The topological polar surface area (TPSA) is 120 Å². The van der Waals surface area contributed by atoms with E-state index in [1.807, 2.05) is 0 Å². The van der Waals surface area contributed by atoms with E-state index >= 15 is 0 Å². The number of anilines is 2. The van der Waals surface area contributed by atoms with Gasteiger partial charge in [-0.05, 0) is 36.4 Å². The van der Waals surface area contributed by atoms with Crippen LogP contribution in [0.15, 0.2) is 65.2 Å². The van der Waals surface area contributed by atoms with Crippen LogP contribution in [-0.2, 0) is 29.1 Å². The summed E-state index contributed by atoms with van der Waals surface area (Å²) in [5.74, 6) is -2.43. The summed E-state index contributed by atoms with van der Waals surface area (Å²) in [7, 11) is -2.33. The molecule has 2 aromatic carbocycles. The summed E-state index contributed by atoms with van der Waals surface area (Å²) >= 11 is 0. The van der Waals surface area contributed by atoms with Crippen LogP contribution < -0.4 is 14.8 Å². The van der Waals surface area contributed by atoms with Gasteiger partial charge in [-0.3, -0.25) is 4.72 Å². The van der Waals surface area contributed by atoms with Crippen LogP contribution in [0.1, 0.15) is 13.8 Å². The van der Waals surface area contributed by atoms with Crippen molar-refractivity contribution in [3.8, 4) is 5.75 Å². The highest BCUT2D eigenvalue weighted by molar-refractivity contribution is 7.92. The molecule has 0 bridgehead atoms. The molecule has 2 N–H and O–H groups in total. The second-order valence-corrected chi connectivity index (χ2v) is 8.43. The zero-order chi connectivity index (χ0) is 21.9. The van der Waals surface area contributed by atoms with Crippen molar-refractivity contribution in [3.63, 3.8) is 0 Å². The van der Waals surface area contributed by atoms with E-state index in [1.165, 1.54) is 45.2 Å². The maximum absolute atomic E-state index is 12.6. The van der Waals surface area contributed by atoms with Crippen LogP contribution in [-0.4, -0.2) is 33.3 Å². The number of methoxy groups -OCH3 is 1. The molecule has 9 nitrogen and oxygen atoms in total. The van der Waals surface area contributed by atoms with Gasteiger partial charge in [0.2, 0.25) is 0 Å². The Morgan fingerprint density at radius 2 is 1.60 bits per heavy atom. The Morgan fingerprint density at radius 1 is 0.967 bits per heavy atom. The Labute approximate surface area is 173 Å². The van der Waals surface area contributed by atoms with Gasteiger partial charge in [0.05, 0.1) is 17.7 Å². The van der Waals surface area contributed by atoms with Gasteiger partial charge in [0.25, 0.3) is 15.8 Å². The van der Waals surface area contributed by atoms with Crippen molar-refractivity contribution in [1.29, 1.82) is 0 Å². The number of esters is 2. The van der Waals surface area contributed by atoms with Crippen LogP contribution in [0.2, 0.25) is 0 Å². The van der Waals surface area contributed by atoms with Crippen molar-refractivity contribution in [2.45, 2.75) is 24.5 Å². The molecule has 0 aromatic heterocycles. The van der Waals surface area contributed by atoms with Gasteiger partial charge < -0.3 is 19.5 Å². The van der Waals surface area contributed by atoms with Crippen LogP contribution in [0.25, 0.3) is 0 Å². The highest BCUT2D eigenvalue weighted by atomic mass is 32.2. The lowest BCUT2D eigenvalue weighted by Crippen LogP contribution is -2.42. The molecule has 10 heteroatoms. The number of rotatable bonds is 6. The van der Waals surface area contributed by atoms with Crippen molar-refractivity contribution in [2.24, 2.45) is 0 Å². The third-order valence-electron chi connectivity index (χ3n) is 3.99. The molecule has 158 valence electrons. The molecule has 0 atom stereocenters. The fraction of sp³-hybridized carbons (Fsp3) is 0.200. The smallest absolute Gasteiger partial charge is 0.350 e. The summed E-state index contributed by atoms with van der Waals surface area (Å²) in [5, 5.41) is 2.75. The molecule has 0 saturated carbocycles. The first-order valence-corrected chi connectivity index (χ1v) is 10.3. The number of cyclic esters (lactones) is 2. The number of carbonyl (C=O) groups is 2. The van der Waals surface area contributed by atoms with E-state index in [2.05, 4.69) is 10.0 Å². The predicted molar refractivity (Wildman–Crippen MR) is 108 cm³/mol. The summed E-state index contributed by atoms with van der Waals surface area (Å²) in [6, 6.07) is 12.3. The van der Waals surface area contributed by atoms with Gasteiger partial charge in [0.15, 0.2) is 5.57 Å². The Bertz CT molecular complexity index is 1080. The van der Waals surface area contributed by atoms with Gasteiger partial charge in [-0.15, -0.1) is 0 Å². The first-order valence-electron chi connectivity index (χ1n) is 8.80. The number of nitrogens with one attached hydrogen (secondary N) is 2. The molecule has 0 amide bonds. The monoisotopic (exact) mass is 432 g/mol.